The molecule has 2 heteroatoms. The monoisotopic (exact) mass is 476 g/mol. The first-order valence-corrected chi connectivity index (χ1v) is 14.0. The Kier molecular flexibility index (Phi) is 6.04. The van der Waals surface area contributed by atoms with Crippen molar-refractivity contribution in [2.24, 2.45) is 5.92 Å². The number of aryl methyl sites for hydroxylation is 3. The maximum atomic E-state index is 2.94. The molecule has 0 bridgehead atoms. The molecule has 3 aromatic rings. The van der Waals surface area contributed by atoms with Gasteiger partial charge in [0.1, 0.15) is 6.17 Å². The standard InChI is InChI=1S/C34H40N2/c1-24-14-11-12-21-30(24)35-27(4)31-22-23-34(28-17-7-5-8-18-28,29-19-9-6-10-20-29)36(31)33(35)32-25(2)15-13-16-26(32)3/h5,7-8,11-18,21-23,27,29,31,33H,6,9-10,19-20H2,1-4H3/t27-,31?,33?,34?/m0/s1. The van der Waals surface area contributed by atoms with Gasteiger partial charge >= 0.3 is 0 Å². The molecular formula is C34H40N2. The van der Waals surface area contributed by atoms with Crippen molar-refractivity contribution < 1.29 is 0 Å². The minimum atomic E-state index is -0.0859. The average molecular weight is 477 g/mol. The lowest BCUT2D eigenvalue weighted by molar-refractivity contribution is 0.0338. The summed E-state index contributed by atoms with van der Waals surface area (Å²) < 4.78 is 0. The topological polar surface area (TPSA) is 6.48 Å². The van der Waals surface area contributed by atoms with E-state index in [2.05, 4.69) is 122 Å². The minimum Gasteiger partial charge on any atom is -0.347 e. The van der Waals surface area contributed by atoms with E-state index in [-0.39, 0.29) is 11.7 Å². The average Bonchev–Trinajstić information content (AvgIpc) is 3.43. The number of rotatable bonds is 4. The van der Waals surface area contributed by atoms with Gasteiger partial charge in [0.15, 0.2) is 0 Å². The summed E-state index contributed by atoms with van der Waals surface area (Å²) in [4.78, 5) is 5.68. The van der Waals surface area contributed by atoms with Gasteiger partial charge in [0.25, 0.3) is 0 Å². The molecular weight excluding hydrogens is 436 g/mol. The zero-order valence-corrected chi connectivity index (χ0v) is 22.3. The van der Waals surface area contributed by atoms with Crippen molar-refractivity contribution >= 4 is 5.69 Å². The van der Waals surface area contributed by atoms with E-state index in [0.29, 0.717) is 18.0 Å². The lowest BCUT2D eigenvalue weighted by Gasteiger charge is -2.49. The van der Waals surface area contributed by atoms with E-state index < -0.39 is 0 Å². The molecule has 4 atom stereocenters. The molecule has 2 nitrogen and oxygen atoms in total. The van der Waals surface area contributed by atoms with Crippen LogP contribution < -0.4 is 4.90 Å². The second-order valence-electron chi connectivity index (χ2n) is 11.4. The van der Waals surface area contributed by atoms with E-state index in [1.165, 1.54) is 65.6 Å². The van der Waals surface area contributed by atoms with Crippen LogP contribution in [0.2, 0.25) is 0 Å². The number of fused-ring (bicyclic) bond motifs is 1. The van der Waals surface area contributed by atoms with Crippen LogP contribution in [0.1, 0.15) is 73.0 Å². The van der Waals surface area contributed by atoms with Gasteiger partial charge in [-0.3, -0.25) is 4.90 Å². The first-order valence-electron chi connectivity index (χ1n) is 14.0. The second kappa shape index (κ2) is 9.23. The van der Waals surface area contributed by atoms with Crippen molar-refractivity contribution in [1.29, 1.82) is 0 Å². The zero-order chi connectivity index (χ0) is 24.9. The van der Waals surface area contributed by atoms with Crippen molar-refractivity contribution in [3.63, 3.8) is 0 Å². The number of anilines is 1. The molecule has 1 saturated heterocycles. The van der Waals surface area contributed by atoms with Crippen LogP contribution in [0.25, 0.3) is 0 Å². The molecule has 2 heterocycles. The molecule has 6 rings (SSSR count). The third kappa shape index (κ3) is 3.49. The Hall–Kier alpha value is -2.84. The largest absolute Gasteiger partial charge is 0.347 e. The molecule has 0 spiro atoms. The van der Waals surface area contributed by atoms with Gasteiger partial charge in [-0.1, -0.05) is 98.1 Å². The van der Waals surface area contributed by atoms with Gasteiger partial charge in [-0.15, -0.1) is 0 Å². The van der Waals surface area contributed by atoms with Gasteiger partial charge in [0, 0.05) is 11.7 Å². The number of hydrogen-bond acceptors (Lipinski definition) is 2. The fourth-order valence-corrected chi connectivity index (χ4v) is 7.74. The zero-order valence-electron chi connectivity index (χ0n) is 22.3. The van der Waals surface area contributed by atoms with Crippen LogP contribution >= 0.6 is 0 Å². The highest BCUT2D eigenvalue weighted by Gasteiger charge is 2.59. The van der Waals surface area contributed by atoms with Crippen LogP contribution in [0.4, 0.5) is 5.69 Å². The summed E-state index contributed by atoms with van der Waals surface area (Å²) in [7, 11) is 0. The van der Waals surface area contributed by atoms with Crippen LogP contribution in [0.3, 0.4) is 0 Å². The highest BCUT2D eigenvalue weighted by Crippen LogP contribution is 2.58. The molecule has 1 saturated carbocycles. The molecule has 36 heavy (non-hydrogen) atoms. The van der Waals surface area contributed by atoms with Gasteiger partial charge in [-0.25, -0.2) is 0 Å². The van der Waals surface area contributed by atoms with Gasteiger partial charge < -0.3 is 4.90 Å². The number of benzene rings is 3. The highest BCUT2D eigenvalue weighted by atomic mass is 15.5. The molecule has 3 unspecified atom stereocenters. The Morgan fingerprint density at radius 1 is 0.722 bits per heavy atom. The molecule has 0 radical (unpaired) electrons. The lowest BCUT2D eigenvalue weighted by Crippen LogP contribution is -2.51. The Labute approximate surface area is 217 Å². The predicted octanol–water partition coefficient (Wildman–Crippen LogP) is 8.24. The predicted molar refractivity (Wildman–Crippen MR) is 151 cm³/mol. The lowest BCUT2D eigenvalue weighted by atomic mass is 9.70. The van der Waals surface area contributed by atoms with Gasteiger partial charge in [0.2, 0.25) is 0 Å². The van der Waals surface area contributed by atoms with Crippen molar-refractivity contribution in [2.75, 3.05) is 4.90 Å². The second-order valence-corrected chi connectivity index (χ2v) is 11.4. The molecule has 186 valence electrons. The van der Waals surface area contributed by atoms with E-state index in [4.69, 9.17) is 0 Å². The van der Waals surface area contributed by atoms with Gasteiger partial charge in [-0.05, 0) is 80.3 Å². The first kappa shape index (κ1) is 23.6. The van der Waals surface area contributed by atoms with E-state index in [1.807, 2.05) is 0 Å². The summed E-state index contributed by atoms with van der Waals surface area (Å²) in [5.74, 6) is 0.630. The first-order chi connectivity index (χ1) is 17.5. The molecule has 3 aliphatic rings. The minimum absolute atomic E-state index is 0.0859. The molecule has 0 N–H and O–H groups in total. The SMILES string of the molecule is Cc1ccccc1N1C(c2c(C)cccc2C)N2C(C=CC2(c2ccccc2)C2CCCCC2)[C@@H]1C. The van der Waals surface area contributed by atoms with E-state index in [9.17, 15) is 0 Å². The molecule has 0 aromatic heterocycles. The maximum Gasteiger partial charge on any atom is 0.111 e. The van der Waals surface area contributed by atoms with Crippen molar-refractivity contribution in [2.45, 2.75) is 83.6 Å². The number of para-hydroxylation sites is 1. The molecule has 1 aliphatic carbocycles. The van der Waals surface area contributed by atoms with Gasteiger partial charge in [-0.2, -0.15) is 0 Å². The van der Waals surface area contributed by atoms with Crippen molar-refractivity contribution in [3.05, 3.63) is 113 Å². The summed E-state index contributed by atoms with van der Waals surface area (Å²) in [6.45, 7) is 9.34. The van der Waals surface area contributed by atoms with Crippen molar-refractivity contribution in [1.82, 2.24) is 4.90 Å². The molecule has 3 aromatic carbocycles. The fraction of sp³-hybridized carbons (Fsp3) is 0.412. The summed E-state index contributed by atoms with van der Waals surface area (Å²) in [6.07, 6.45) is 12.0. The summed E-state index contributed by atoms with van der Waals surface area (Å²) in [5, 5.41) is 0. The van der Waals surface area contributed by atoms with E-state index in [0.717, 1.165) is 0 Å². The Bertz CT molecular complexity index is 1230. The third-order valence-electron chi connectivity index (χ3n) is 9.41. The normalized spacial score (nSPS) is 28.6. The Morgan fingerprint density at radius 2 is 1.36 bits per heavy atom. The van der Waals surface area contributed by atoms with Crippen LogP contribution in [-0.2, 0) is 5.54 Å². The van der Waals surface area contributed by atoms with Gasteiger partial charge in [0.05, 0.1) is 11.6 Å². The number of hydrogen-bond donors (Lipinski definition) is 0. The molecule has 0 amide bonds. The maximum absolute atomic E-state index is 2.94. The molecule has 2 fully saturated rings. The third-order valence-corrected chi connectivity index (χ3v) is 9.41. The Morgan fingerprint density at radius 3 is 2.06 bits per heavy atom. The summed E-state index contributed by atoms with van der Waals surface area (Å²) in [6, 6.07) is 28.0. The van der Waals surface area contributed by atoms with Crippen LogP contribution in [-0.4, -0.2) is 17.0 Å². The number of nitrogens with zero attached hydrogens (tertiary/aromatic N) is 2. The van der Waals surface area contributed by atoms with Crippen LogP contribution in [0, 0.1) is 26.7 Å². The smallest absolute Gasteiger partial charge is 0.111 e. The fourth-order valence-electron chi connectivity index (χ4n) is 7.74. The van der Waals surface area contributed by atoms with E-state index >= 15 is 0 Å². The molecule has 2 aliphatic heterocycles. The quantitative estimate of drug-likeness (QED) is 0.350. The summed E-state index contributed by atoms with van der Waals surface area (Å²) >= 11 is 0. The Balaban J connectivity index is 1.61. The van der Waals surface area contributed by atoms with Crippen LogP contribution in [0.5, 0.6) is 0 Å². The summed E-state index contributed by atoms with van der Waals surface area (Å²) in [5.41, 5.74) is 8.37. The van der Waals surface area contributed by atoms with E-state index in [1.54, 1.807) is 0 Å². The highest BCUT2D eigenvalue weighted by molar-refractivity contribution is 5.60. The van der Waals surface area contributed by atoms with Crippen LogP contribution in [0.15, 0.2) is 84.9 Å². The van der Waals surface area contributed by atoms with Crippen molar-refractivity contribution in [3.8, 4) is 0 Å².